The molecule has 27 heavy (non-hydrogen) atoms. The summed E-state index contributed by atoms with van der Waals surface area (Å²) in [6.45, 7) is 8.15. The maximum atomic E-state index is 13.1. The molecule has 1 fully saturated rings. The summed E-state index contributed by atoms with van der Waals surface area (Å²) in [5.41, 5.74) is 4.25. The Hall–Kier alpha value is -2.38. The van der Waals surface area contributed by atoms with Gasteiger partial charge in [-0.3, -0.25) is 14.8 Å². The van der Waals surface area contributed by atoms with Gasteiger partial charge in [-0.05, 0) is 32.3 Å². The fourth-order valence-electron chi connectivity index (χ4n) is 4.32. The van der Waals surface area contributed by atoms with Crippen LogP contribution in [-0.4, -0.2) is 45.8 Å². The number of fused-ring (bicyclic) bond motifs is 2. The maximum Gasteiger partial charge on any atom is 0.277 e. The minimum atomic E-state index is 0.00601. The Bertz CT molecular complexity index is 1060. The second-order valence-electron chi connectivity index (χ2n) is 7.75. The molecule has 3 aromatic heterocycles. The molecule has 2 aliphatic rings. The first-order valence-electron chi connectivity index (χ1n) is 9.59. The zero-order chi connectivity index (χ0) is 18.5. The van der Waals surface area contributed by atoms with Gasteiger partial charge in [0.05, 0.1) is 23.6 Å². The molecular weight excluding hydrogens is 344 g/mol. The van der Waals surface area contributed by atoms with Gasteiger partial charge < -0.3 is 9.15 Å². The van der Waals surface area contributed by atoms with Gasteiger partial charge >= 0.3 is 0 Å². The molecule has 0 aliphatic carbocycles. The molecule has 0 radical (unpaired) electrons. The van der Waals surface area contributed by atoms with E-state index in [1.165, 1.54) is 0 Å². The van der Waals surface area contributed by atoms with Crippen molar-refractivity contribution in [3.8, 4) is 11.3 Å². The summed E-state index contributed by atoms with van der Waals surface area (Å²) in [6, 6.07) is 3.91. The van der Waals surface area contributed by atoms with E-state index < -0.39 is 0 Å². The minimum absolute atomic E-state index is 0.00601. The number of hydrogen-bond acceptors (Lipinski definition) is 5. The lowest BCUT2D eigenvalue weighted by atomic mass is 10.0. The van der Waals surface area contributed by atoms with Crippen molar-refractivity contribution in [2.24, 2.45) is 5.92 Å². The Labute approximate surface area is 156 Å². The average molecular weight is 368 g/mol. The topological polar surface area (TPSA) is 75.8 Å². The molecule has 2 aliphatic heterocycles. The van der Waals surface area contributed by atoms with E-state index in [1.54, 1.807) is 4.52 Å². The molecule has 1 atom stereocenters. The second-order valence-corrected chi connectivity index (χ2v) is 7.75. The third kappa shape index (κ3) is 2.91. The summed E-state index contributed by atoms with van der Waals surface area (Å²) < 4.78 is 12.7. The summed E-state index contributed by atoms with van der Waals surface area (Å²) in [5, 5.41) is 3.22. The number of rotatable bonds is 3. The summed E-state index contributed by atoms with van der Waals surface area (Å²) in [5.74, 6) is 2.27. The van der Waals surface area contributed by atoms with E-state index in [1.807, 2.05) is 26.0 Å². The third-order valence-electron chi connectivity index (χ3n) is 5.71. The van der Waals surface area contributed by atoms with E-state index >= 15 is 0 Å². The average Bonchev–Trinajstić information content (AvgIpc) is 3.36. The normalized spacial score (nSPS) is 20.4. The summed E-state index contributed by atoms with van der Waals surface area (Å²) >= 11 is 0. The smallest absolute Gasteiger partial charge is 0.277 e. The van der Waals surface area contributed by atoms with Gasteiger partial charge in [-0.1, -0.05) is 0 Å². The van der Waals surface area contributed by atoms with Gasteiger partial charge in [0.2, 0.25) is 0 Å². The molecule has 1 N–H and O–H groups in total. The van der Waals surface area contributed by atoms with Crippen LogP contribution >= 0.6 is 0 Å². The Balaban J connectivity index is 1.50. The maximum absolute atomic E-state index is 13.1. The monoisotopic (exact) mass is 368 g/mol. The zero-order valence-corrected chi connectivity index (χ0v) is 15.7. The van der Waals surface area contributed by atoms with Crippen molar-refractivity contribution in [2.45, 2.75) is 33.2 Å². The molecular formula is C20H24N4O3. The molecule has 0 bridgehead atoms. The van der Waals surface area contributed by atoms with Gasteiger partial charge in [-0.25, -0.2) is 9.50 Å². The van der Waals surface area contributed by atoms with E-state index in [4.69, 9.17) is 14.1 Å². The number of H-pyrrole nitrogens is 1. The predicted octanol–water partition coefficient (Wildman–Crippen LogP) is 2.29. The lowest BCUT2D eigenvalue weighted by molar-refractivity contribution is 0.161. The molecule has 1 saturated heterocycles. The largest absolute Gasteiger partial charge is 0.466 e. The van der Waals surface area contributed by atoms with Crippen molar-refractivity contribution in [3.63, 3.8) is 0 Å². The fourth-order valence-corrected chi connectivity index (χ4v) is 4.32. The Morgan fingerprint density at radius 3 is 2.96 bits per heavy atom. The number of aromatic amines is 1. The van der Waals surface area contributed by atoms with E-state index in [9.17, 15) is 4.79 Å². The molecule has 142 valence electrons. The highest BCUT2D eigenvalue weighted by molar-refractivity contribution is 5.66. The minimum Gasteiger partial charge on any atom is -0.466 e. The van der Waals surface area contributed by atoms with Crippen LogP contribution in [0.5, 0.6) is 0 Å². The zero-order valence-electron chi connectivity index (χ0n) is 15.7. The number of ether oxygens (including phenoxy) is 1. The van der Waals surface area contributed by atoms with Crippen LogP contribution in [-0.2, 0) is 17.7 Å². The van der Waals surface area contributed by atoms with Crippen molar-refractivity contribution < 1.29 is 9.15 Å². The van der Waals surface area contributed by atoms with Gasteiger partial charge in [-0.2, -0.15) is 0 Å². The molecule has 5 rings (SSSR count). The lowest BCUT2D eigenvalue weighted by Gasteiger charge is -2.29. The summed E-state index contributed by atoms with van der Waals surface area (Å²) in [7, 11) is 0. The van der Waals surface area contributed by atoms with Crippen LogP contribution in [0.15, 0.2) is 21.3 Å². The standard InChI is InChI=1S/C20H24N4O3/c1-12-7-15(13(2)27-12)18-8-19-21-17-3-5-23(9-14-4-6-26-11-14)10-16(17)20(25)24(19)22-18/h7-8,14,22H,3-6,9-11H2,1-2H3/t14-/m1/s1. The van der Waals surface area contributed by atoms with Gasteiger partial charge in [0.15, 0.2) is 5.65 Å². The molecule has 0 amide bonds. The van der Waals surface area contributed by atoms with E-state index in [0.29, 0.717) is 18.1 Å². The SMILES string of the molecule is Cc1cc(-c2cc3nc4c(c(=O)n3[nH]2)CN(C[C@H]2CCOC2)CC4)c(C)o1. The van der Waals surface area contributed by atoms with Crippen LogP contribution in [0.4, 0.5) is 0 Å². The Morgan fingerprint density at radius 1 is 1.33 bits per heavy atom. The number of nitrogens with one attached hydrogen (secondary N) is 1. The van der Waals surface area contributed by atoms with E-state index in [-0.39, 0.29) is 5.56 Å². The quantitative estimate of drug-likeness (QED) is 0.768. The first kappa shape index (κ1) is 16.8. The number of furan rings is 1. The first-order valence-corrected chi connectivity index (χ1v) is 9.59. The molecule has 0 unspecified atom stereocenters. The summed E-state index contributed by atoms with van der Waals surface area (Å²) in [4.78, 5) is 20.2. The summed E-state index contributed by atoms with van der Waals surface area (Å²) in [6.07, 6.45) is 1.93. The van der Waals surface area contributed by atoms with Crippen LogP contribution in [0.25, 0.3) is 16.9 Å². The van der Waals surface area contributed by atoms with Gasteiger partial charge in [0.1, 0.15) is 11.5 Å². The number of hydrogen-bond donors (Lipinski definition) is 1. The van der Waals surface area contributed by atoms with Crippen LogP contribution < -0.4 is 5.56 Å². The van der Waals surface area contributed by atoms with Gasteiger partial charge in [-0.15, -0.1) is 0 Å². The molecule has 7 nitrogen and oxygen atoms in total. The van der Waals surface area contributed by atoms with Crippen molar-refractivity contribution in [2.75, 3.05) is 26.3 Å². The molecule has 7 heteroatoms. The van der Waals surface area contributed by atoms with Crippen molar-refractivity contribution in [1.29, 1.82) is 0 Å². The third-order valence-corrected chi connectivity index (χ3v) is 5.71. The van der Waals surface area contributed by atoms with Gasteiger partial charge in [0.25, 0.3) is 5.56 Å². The Kier molecular flexibility index (Phi) is 3.94. The van der Waals surface area contributed by atoms with Crippen molar-refractivity contribution in [1.82, 2.24) is 19.5 Å². The molecule has 0 saturated carbocycles. The number of nitrogens with zero attached hydrogens (tertiary/aromatic N) is 3. The van der Waals surface area contributed by atoms with Crippen LogP contribution in [0.3, 0.4) is 0 Å². The highest BCUT2D eigenvalue weighted by Gasteiger charge is 2.26. The predicted molar refractivity (Wildman–Crippen MR) is 101 cm³/mol. The molecule has 3 aromatic rings. The lowest BCUT2D eigenvalue weighted by Crippen LogP contribution is -2.39. The highest BCUT2D eigenvalue weighted by atomic mass is 16.5. The van der Waals surface area contributed by atoms with Crippen molar-refractivity contribution >= 4 is 5.65 Å². The Morgan fingerprint density at radius 2 is 2.22 bits per heavy atom. The van der Waals surface area contributed by atoms with Crippen LogP contribution in [0.2, 0.25) is 0 Å². The van der Waals surface area contributed by atoms with Crippen LogP contribution in [0, 0.1) is 19.8 Å². The van der Waals surface area contributed by atoms with E-state index in [0.717, 1.165) is 73.2 Å². The van der Waals surface area contributed by atoms with Crippen molar-refractivity contribution in [3.05, 3.63) is 45.3 Å². The van der Waals surface area contributed by atoms with E-state index in [2.05, 4.69) is 10.00 Å². The molecule has 5 heterocycles. The first-order chi connectivity index (χ1) is 13.1. The molecule has 0 spiro atoms. The van der Waals surface area contributed by atoms with Gasteiger partial charge in [0, 0.05) is 44.3 Å². The van der Waals surface area contributed by atoms with Crippen LogP contribution in [0.1, 0.15) is 29.2 Å². The number of aromatic nitrogens is 3. The fraction of sp³-hybridized carbons (Fsp3) is 0.500. The second kappa shape index (κ2) is 6.35. The molecule has 0 aromatic carbocycles. The highest BCUT2D eigenvalue weighted by Crippen LogP contribution is 2.26. The number of aryl methyl sites for hydroxylation is 2.